The van der Waals surface area contributed by atoms with Crippen molar-refractivity contribution in [3.05, 3.63) is 34.4 Å². The third-order valence-corrected chi connectivity index (χ3v) is 3.85. The molecule has 2 rings (SSSR count). The number of nitro groups is 1. The molecular weight excluding hydrogens is 256 g/mol. The molecule has 5 nitrogen and oxygen atoms in total. The smallest absolute Gasteiger partial charge is 0.269 e. The zero-order valence-electron chi connectivity index (χ0n) is 12.2. The van der Waals surface area contributed by atoms with Crippen molar-refractivity contribution in [1.29, 1.82) is 0 Å². The molecule has 1 saturated heterocycles. The van der Waals surface area contributed by atoms with Gasteiger partial charge < -0.3 is 9.64 Å². The molecule has 0 spiro atoms. The number of likely N-dealkylation sites (tertiary alicyclic amines) is 1. The topological polar surface area (TPSA) is 56.8 Å². The second-order valence-electron chi connectivity index (χ2n) is 5.95. The quantitative estimate of drug-likeness (QED) is 0.657. The van der Waals surface area contributed by atoms with Crippen molar-refractivity contribution in [3.63, 3.8) is 0 Å². The molecule has 20 heavy (non-hydrogen) atoms. The van der Waals surface area contributed by atoms with Gasteiger partial charge in [-0.1, -0.05) is 13.8 Å². The summed E-state index contributed by atoms with van der Waals surface area (Å²) in [6, 6.07) is 6.28. The molecule has 0 aliphatic carbocycles. The Labute approximate surface area is 119 Å². The predicted molar refractivity (Wildman–Crippen MR) is 77.1 cm³/mol. The standard InChI is InChI=1S/C15H22N2O3/c1-12-9-13(2)11-16(10-12)7-8-20-15-5-3-14(4-6-15)17(18)19/h3-6,12-13H,7-11H2,1-2H3/p+1/t12-,13-/m0/s1. The van der Waals surface area contributed by atoms with Crippen LogP contribution in [0.25, 0.3) is 0 Å². The summed E-state index contributed by atoms with van der Waals surface area (Å²) in [5.74, 6) is 2.27. The Kier molecular flexibility index (Phi) is 4.95. The molecule has 5 heteroatoms. The van der Waals surface area contributed by atoms with E-state index in [4.69, 9.17) is 4.74 Å². The molecule has 1 aliphatic rings. The molecule has 0 saturated carbocycles. The lowest BCUT2D eigenvalue weighted by molar-refractivity contribution is -0.912. The minimum absolute atomic E-state index is 0.0988. The third kappa shape index (κ3) is 4.20. The fourth-order valence-corrected chi connectivity index (χ4v) is 3.10. The highest BCUT2D eigenvalue weighted by molar-refractivity contribution is 5.35. The Balaban J connectivity index is 1.76. The van der Waals surface area contributed by atoms with Crippen LogP contribution in [0, 0.1) is 22.0 Å². The van der Waals surface area contributed by atoms with Gasteiger partial charge in [0.05, 0.1) is 18.0 Å². The predicted octanol–water partition coefficient (Wildman–Crippen LogP) is 1.53. The van der Waals surface area contributed by atoms with Crippen molar-refractivity contribution in [3.8, 4) is 5.75 Å². The van der Waals surface area contributed by atoms with Crippen LogP contribution in [0.15, 0.2) is 24.3 Å². The van der Waals surface area contributed by atoms with E-state index in [2.05, 4.69) is 13.8 Å². The molecule has 1 aromatic rings. The highest BCUT2D eigenvalue weighted by Gasteiger charge is 2.24. The number of ether oxygens (including phenoxy) is 1. The van der Waals surface area contributed by atoms with Crippen LogP contribution in [-0.2, 0) is 0 Å². The molecule has 1 aromatic carbocycles. The number of benzene rings is 1. The van der Waals surface area contributed by atoms with Crippen molar-refractivity contribution in [2.45, 2.75) is 20.3 Å². The molecule has 0 amide bonds. The van der Waals surface area contributed by atoms with E-state index in [1.165, 1.54) is 31.6 Å². The number of rotatable bonds is 5. The second kappa shape index (κ2) is 6.70. The summed E-state index contributed by atoms with van der Waals surface area (Å²) in [4.78, 5) is 11.8. The van der Waals surface area contributed by atoms with Gasteiger partial charge in [-0.3, -0.25) is 10.1 Å². The summed E-state index contributed by atoms with van der Waals surface area (Å²) >= 11 is 0. The molecular formula is C15H23N2O3+. The second-order valence-corrected chi connectivity index (χ2v) is 5.95. The van der Waals surface area contributed by atoms with E-state index >= 15 is 0 Å². The van der Waals surface area contributed by atoms with Crippen LogP contribution < -0.4 is 9.64 Å². The highest BCUT2D eigenvalue weighted by Crippen LogP contribution is 2.17. The van der Waals surface area contributed by atoms with Gasteiger partial charge in [0.2, 0.25) is 0 Å². The SMILES string of the molecule is C[C@H]1C[C@H](C)C[NH+](CCOc2ccc([N+](=O)[O-])cc2)C1. The van der Waals surface area contributed by atoms with Crippen LogP contribution in [0.1, 0.15) is 20.3 Å². The zero-order valence-corrected chi connectivity index (χ0v) is 12.2. The molecule has 0 radical (unpaired) electrons. The summed E-state index contributed by atoms with van der Waals surface area (Å²) in [7, 11) is 0. The lowest BCUT2D eigenvalue weighted by Crippen LogP contribution is -3.14. The fraction of sp³-hybridized carbons (Fsp3) is 0.600. The Hall–Kier alpha value is -1.62. The van der Waals surface area contributed by atoms with Gasteiger partial charge in [0.25, 0.3) is 5.69 Å². The Morgan fingerprint density at radius 1 is 1.25 bits per heavy atom. The normalized spacial score (nSPS) is 26.2. The number of non-ortho nitro benzene ring substituents is 1. The average Bonchev–Trinajstić information content (AvgIpc) is 2.38. The first-order valence-corrected chi connectivity index (χ1v) is 7.25. The van der Waals surface area contributed by atoms with Gasteiger partial charge in [-0.05, 0) is 18.6 Å². The first-order valence-electron chi connectivity index (χ1n) is 7.25. The molecule has 1 aliphatic heterocycles. The van der Waals surface area contributed by atoms with Gasteiger partial charge in [-0.25, -0.2) is 0 Å². The Morgan fingerprint density at radius 3 is 2.40 bits per heavy atom. The van der Waals surface area contributed by atoms with Crippen molar-refractivity contribution in [2.24, 2.45) is 11.8 Å². The lowest BCUT2D eigenvalue weighted by atomic mass is 9.92. The summed E-state index contributed by atoms with van der Waals surface area (Å²) < 4.78 is 5.67. The molecule has 0 unspecified atom stereocenters. The Bertz CT molecular complexity index is 437. The van der Waals surface area contributed by atoms with E-state index in [-0.39, 0.29) is 5.69 Å². The molecule has 1 fully saturated rings. The molecule has 110 valence electrons. The minimum atomic E-state index is -0.398. The highest BCUT2D eigenvalue weighted by atomic mass is 16.6. The van der Waals surface area contributed by atoms with Gasteiger partial charge in [0.15, 0.2) is 0 Å². The van der Waals surface area contributed by atoms with Gasteiger partial charge in [-0.15, -0.1) is 0 Å². The molecule has 0 bridgehead atoms. The summed E-state index contributed by atoms with van der Waals surface area (Å²) in [5.41, 5.74) is 0.0988. The number of nitro benzene ring substituents is 1. The monoisotopic (exact) mass is 279 g/mol. The van der Waals surface area contributed by atoms with Crippen LogP contribution in [-0.4, -0.2) is 31.2 Å². The Morgan fingerprint density at radius 2 is 1.85 bits per heavy atom. The van der Waals surface area contributed by atoms with E-state index in [0.717, 1.165) is 18.4 Å². The fourth-order valence-electron chi connectivity index (χ4n) is 3.10. The average molecular weight is 279 g/mol. The van der Waals surface area contributed by atoms with Crippen molar-refractivity contribution in [1.82, 2.24) is 0 Å². The molecule has 0 aromatic heterocycles. The summed E-state index contributed by atoms with van der Waals surface area (Å²) in [6.45, 7) is 8.71. The zero-order chi connectivity index (χ0) is 14.5. The van der Waals surface area contributed by atoms with E-state index < -0.39 is 4.92 Å². The van der Waals surface area contributed by atoms with Crippen molar-refractivity contribution < 1.29 is 14.6 Å². The number of hydrogen-bond acceptors (Lipinski definition) is 3. The van der Waals surface area contributed by atoms with E-state index in [1.807, 2.05) is 0 Å². The van der Waals surface area contributed by atoms with E-state index in [9.17, 15) is 10.1 Å². The van der Waals surface area contributed by atoms with Crippen LogP contribution in [0.4, 0.5) is 5.69 Å². The number of piperidine rings is 1. The van der Waals surface area contributed by atoms with Crippen LogP contribution in [0.5, 0.6) is 5.75 Å². The lowest BCUT2D eigenvalue weighted by Gasteiger charge is -2.31. The number of nitrogens with zero attached hydrogens (tertiary/aromatic N) is 1. The number of quaternary nitrogens is 1. The first-order chi connectivity index (χ1) is 9.54. The van der Waals surface area contributed by atoms with Crippen LogP contribution in [0.2, 0.25) is 0 Å². The van der Waals surface area contributed by atoms with Gasteiger partial charge in [-0.2, -0.15) is 0 Å². The summed E-state index contributed by atoms with van der Waals surface area (Å²) in [5, 5.41) is 10.6. The van der Waals surface area contributed by atoms with Crippen molar-refractivity contribution >= 4 is 5.69 Å². The maximum absolute atomic E-state index is 10.6. The molecule has 1 N–H and O–H groups in total. The maximum Gasteiger partial charge on any atom is 0.269 e. The molecule has 1 heterocycles. The number of nitrogens with one attached hydrogen (secondary N) is 1. The van der Waals surface area contributed by atoms with Gasteiger partial charge in [0, 0.05) is 24.0 Å². The first kappa shape index (κ1) is 14.8. The van der Waals surface area contributed by atoms with Crippen LogP contribution >= 0.6 is 0 Å². The largest absolute Gasteiger partial charge is 0.488 e. The number of hydrogen-bond donors (Lipinski definition) is 1. The maximum atomic E-state index is 10.6. The van der Waals surface area contributed by atoms with Crippen molar-refractivity contribution in [2.75, 3.05) is 26.2 Å². The molecule has 2 atom stereocenters. The summed E-state index contributed by atoms with van der Waals surface area (Å²) in [6.07, 6.45) is 1.33. The van der Waals surface area contributed by atoms with E-state index in [1.54, 1.807) is 17.0 Å². The third-order valence-electron chi connectivity index (χ3n) is 3.85. The van der Waals surface area contributed by atoms with Gasteiger partial charge in [0.1, 0.15) is 18.9 Å². The van der Waals surface area contributed by atoms with Gasteiger partial charge >= 0.3 is 0 Å². The van der Waals surface area contributed by atoms with E-state index in [0.29, 0.717) is 12.4 Å². The van der Waals surface area contributed by atoms with Crippen LogP contribution in [0.3, 0.4) is 0 Å². The minimum Gasteiger partial charge on any atom is -0.488 e.